The number of aromatic nitrogens is 1. The molecule has 0 aliphatic heterocycles. The number of methoxy groups -OCH3 is 1. The number of carbonyl (C=O) groups excluding carboxylic acids is 1. The highest BCUT2D eigenvalue weighted by molar-refractivity contribution is 7.10. The summed E-state index contributed by atoms with van der Waals surface area (Å²) in [5, 5.41) is 15.0. The van der Waals surface area contributed by atoms with E-state index in [1.54, 1.807) is 6.07 Å². The first-order valence-electron chi connectivity index (χ1n) is 5.26. The summed E-state index contributed by atoms with van der Waals surface area (Å²) in [6, 6.07) is 1.02. The van der Waals surface area contributed by atoms with Crippen LogP contribution >= 0.6 is 11.5 Å². The van der Waals surface area contributed by atoms with Crippen LogP contribution in [0.1, 0.15) is 13.8 Å². The lowest BCUT2D eigenvalue weighted by atomic mass is 10.1. The number of carbonyl (C=O) groups is 1. The molecular weight excluding hydrogens is 242 g/mol. The Morgan fingerprint density at radius 2 is 2.35 bits per heavy atom. The van der Waals surface area contributed by atoms with Crippen LogP contribution in [0.25, 0.3) is 0 Å². The lowest BCUT2D eigenvalue weighted by molar-refractivity contribution is 0.204. The Morgan fingerprint density at radius 3 is 2.82 bits per heavy atom. The maximum atomic E-state index is 11.6. The minimum absolute atomic E-state index is 0.0862. The summed E-state index contributed by atoms with van der Waals surface area (Å²) >= 11 is 1.14. The van der Waals surface area contributed by atoms with Crippen molar-refractivity contribution in [3.63, 3.8) is 0 Å². The molecule has 7 heteroatoms. The number of nitrogens with one attached hydrogen (secondary N) is 2. The van der Waals surface area contributed by atoms with E-state index < -0.39 is 0 Å². The molecule has 0 bridgehead atoms. The SMILES string of the molecule is COc1cc(NC(=O)N[C@H](CO)C(C)C)sn1. The van der Waals surface area contributed by atoms with E-state index in [1.165, 1.54) is 7.11 Å². The van der Waals surface area contributed by atoms with Gasteiger partial charge in [-0.3, -0.25) is 5.32 Å². The Kier molecular flexibility index (Phi) is 5.17. The number of urea groups is 1. The molecule has 1 aromatic heterocycles. The van der Waals surface area contributed by atoms with Crippen LogP contribution in [-0.4, -0.2) is 35.3 Å². The number of hydrogen-bond donors (Lipinski definition) is 3. The Bertz CT molecular complexity index is 367. The van der Waals surface area contributed by atoms with E-state index in [-0.39, 0.29) is 24.6 Å². The van der Waals surface area contributed by atoms with Crippen molar-refractivity contribution < 1.29 is 14.6 Å². The van der Waals surface area contributed by atoms with Crippen LogP contribution in [0.15, 0.2) is 6.07 Å². The van der Waals surface area contributed by atoms with Gasteiger partial charge in [0.25, 0.3) is 0 Å². The van der Waals surface area contributed by atoms with Gasteiger partial charge in [0.2, 0.25) is 5.88 Å². The van der Waals surface area contributed by atoms with Crippen molar-refractivity contribution in [3.8, 4) is 5.88 Å². The van der Waals surface area contributed by atoms with Crippen molar-refractivity contribution in [1.82, 2.24) is 9.69 Å². The summed E-state index contributed by atoms with van der Waals surface area (Å²) < 4.78 is 8.85. The van der Waals surface area contributed by atoms with Gasteiger partial charge in [-0.1, -0.05) is 13.8 Å². The lowest BCUT2D eigenvalue weighted by Crippen LogP contribution is -2.43. The van der Waals surface area contributed by atoms with Crippen molar-refractivity contribution >= 4 is 22.6 Å². The second-order valence-electron chi connectivity index (χ2n) is 3.87. The number of aliphatic hydroxyl groups excluding tert-OH is 1. The zero-order valence-corrected chi connectivity index (χ0v) is 10.9. The maximum Gasteiger partial charge on any atom is 0.320 e. The molecule has 17 heavy (non-hydrogen) atoms. The van der Waals surface area contributed by atoms with E-state index in [1.807, 2.05) is 13.8 Å². The molecule has 6 nitrogen and oxygen atoms in total. The summed E-state index contributed by atoms with van der Waals surface area (Å²) in [5.41, 5.74) is 0. The number of hydrogen-bond acceptors (Lipinski definition) is 5. The lowest BCUT2D eigenvalue weighted by Gasteiger charge is -2.19. The highest BCUT2D eigenvalue weighted by Gasteiger charge is 2.15. The minimum atomic E-state index is -0.357. The molecule has 0 fully saturated rings. The number of anilines is 1. The molecule has 0 saturated carbocycles. The Hall–Kier alpha value is -1.34. The van der Waals surface area contributed by atoms with Crippen LogP contribution < -0.4 is 15.4 Å². The highest BCUT2D eigenvalue weighted by Crippen LogP contribution is 2.21. The molecule has 3 N–H and O–H groups in total. The Morgan fingerprint density at radius 1 is 1.65 bits per heavy atom. The van der Waals surface area contributed by atoms with Crippen LogP contribution in [0.4, 0.5) is 9.80 Å². The Balaban J connectivity index is 2.48. The fourth-order valence-electron chi connectivity index (χ4n) is 1.15. The number of nitrogens with zero attached hydrogens (tertiary/aromatic N) is 1. The van der Waals surface area contributed by atoms with Crippen LogP contribution in [0, 0.1) is 5.92 Å². The predicted octanol–water partition coefficient (Wildman–Crippen LogP) is 1.29. The summed E-state index contributed by atoms with van der Waals surface area (Å²) in [5.74, 6) is 0.634. The summed E-state index contributed by atoms with van der Waals surface area (Å²) in [4.78, 5) is 11.6. The molecule has 0 aromatic carbocycles. The van der Waals surface area contributed by atoms with Gasteiger partial charge < -0.3 is 15.2 Å². The highest BCUT2D eigenvalue weighted by atomic mass is 32.1. The number of rotatable bonds is 5. The topological polar surface area (TPSA) is 83.5 Å². The van der Waals surface area contributed by atoms with Crippen molar-refractivity contribution in [3.05, 3.63) is 6.07 Å². The smallest absolute Gasteiger partial charge is 0.320 e. The van der Waals surface area contributed by atoms with E-state index in [2.05, 4.69) is 15.0 Å². The van der Waals surface area contributed by atoms with Crippen LogP contribution in [0.2, 0.25) is 0 Å². The van der Waals surface area contributed by atoms with Crippen molar-refractivity contribution in [2.24, 2.45) is 5.92 Å². The van der Waals surface area contributed by atoms with E-state index in [9.17, 15) is 4.79 Å². The van der Waals surface area contributed by atoms with Gasteiger partial charge in [-0.15, -0.1) is 0 Å². The third kappa shape index (κ3) is 4.20. The molecule has 1 rings (SSSR count). The van der Waals surface area contributed by atoms with Crippen molar-refractivity contribution in [1.29, 1.82) is 0 Å². The fourth-order valence-corrected chi connectivity index (χ4v) is 1.76. The van der Waals surface area contributed by atoms with Gasteiger partial charge in [-0.25, -0.2) is 4.79 Å². The van der Waals surface area contributed by atoms with Gasteiger partial charge in [0.1, 0.15) is 5.00 Å². The normalized spacial score (nSPS) is 12.3. The van der Waals surface area contributed by atoms with Crippen molar-refractivity contribution in [2.45, 2.75) is 19.9 Å². The van der Waals surface area contributed by atoms with Crippen LogP contribution in [0.5, 0.6) is 5.88 Å². The molecule has 0 aliphatic rings. The average Bonchev–Trinajstić information content (AvgIpc) is 2.73. The first-order valence-corrected chi connectivity index (χ1v) is 6.03. The second-order valence-corrected chi connectivity index (χ2v) is 4.67. The first kappa shape index (κ1) is 13.7. The average molecular weight is 259 g/mol. The van der Waals surface area contributed by atoms with Gasteiger partial charge in [0, 0.05) is 6.07 Å². The maximum absolute atomic E-state index is 11.6. The molecule has 0 unspecified atom stereocenters. The molecule has 1 aromatic rings. The third-order valence-electron chi connectivity index (χ3n) is 2.25. The summed E-state index contributed by atoms with van der Waals surface area (Å²) in [6.45, 7) is 3.77. The number of ether oxygens (including phenoxy) is 1. The molecule has 1 heterocycles. The minimum Gasteiger partial charge on any atom is -0.480 e. The zero-order valence-electron chi connectivity index (χ0n) is 10.1. The van der Waals surface area contributed by atoms with E-state index >= 15 is 0 Å². The molecule has 0 saturated heterocycles. The van der Waals surface area contributed by atoms with Gasteiger partial charge in [-0.2, -0.15) is 4.37 Å². The van der Waals surface area contributed by atoms with E-state index in [4.69, 9.17) is 9.84 Å². The second kappa shape index (κ2) is 6.41. The van der Waals surface area contributed by atoms with Gasteiger partial charge in [-0.05, 0) is 17.5 Å². The number of amides is 2. The third-order valence-corrected chi connectivity index (χ3v) is 2.94. The predicted molar refractivity (Wildman–Crippen MR) is 66.5 cm³/mol. The molecule has 96 valence electrons. The van der Waals surface area contributed by atoms with Gasteiger partial charge in [0.05, 0.1) is 19.8 Å². The zero-order chi connectivity index (χ0) is 12.8. The van der Waals surface area contributed by atoms with Crippen LogP contribution in [0.3, 0.4) is 0 Å². The number of aliphatic hydroxyl groups is 1. The van der Waals surface area contributed by atoms with E-state index in [0.29, 0.717) is 10.9 Å². The molecule has 0 spiro atoms. The van der Waals surface area contributed by atoms with E-state index in [0.717, 1.165) is 11.5 Å². The summed E-state index contributed by atoms with van der Waals surface area (Å²) in [7, 11) is 1.51. The van der Waals surface area contributed by atoms with Crippen LogP contribution in [-0.2, 0) is 0 Å². The first-order chi connectivity index (χ1) is 8.06. The molecule has 1 atom stereocenters. The molecule has 2 amide bonds. The standard InChI is InChI=1S/C10H17N3O3S/c1-6(2)7(5-14)11-10(15)12-9-4-8(16-3)13-17-9/h4,6-7,14H,5H2,1-3H3,(H2,11,12,15)/t7-/m1/s1. The molecular formula is C10H17N3O3S. The summed E-state index contributed by atoms with van der Waals surface area (Å²) in [6.07, 6.45) is 0. The fraction of sp³-hybridized carbons (Fsp3) is 0.600. The quantitative estimate of drug-likeness (QED) is 0.744. The Labute approximate surface area is 104 Å². The molecule has 0 radical (unpaired) electrons. The monoisotopic (exact) mass is 259 g/mol. The van der Waals surface area contributed by atoms with Gasteiger partial charge >= 0.3 is 6.03 Å². The van der Waals surface area contributed by atoms with Crippen molar-refractivity contribution in [2.75, 3.05) is 19.0 Å². The largest absolute Gasteiger partial charge is 0.480 e. The molecule has 0 aliphatic carbocycles. The van der Waals surface area contributed by atoms with Gasteiger partial charge in [0.15, 0.2) is 0 Å².